The van der Waals surface area contributed by atoms with Gasteiger partial charge < -0.3 is 25.4 Å². The lowest BCUT2D eigenvalue weighted by Crippen LogP contribution is -2.64. The number of rotatable bonds is 7. The van der Waals surface area contributed by atoms with Crippen LogP contribution in [0.1, 0.15) is 51.9 Å². The van der Waals surface area contributed by atoms with Crippen molar-refractivity contribution < 1.29 is 24.9 Å². The molecule has 168 valence electrons. The molecule has 8 heteroatoms. The summed E-state index contributed by atoms with van der Waals surface area (Å²) in [6.07, 6.45) is 4.67. The Morgan fingerprint density at radius 1 is 1.21 bits per heavy atom. The minimum absolute atomic E-state index is 0.0138. The molecule has 3 rings (SSSR count). The number of likely N-dealkylation sites (tertiary alicyclic amines) is 1. The van der Waals surface area contributed by atoms with Gasteiger partial charge in [-0.05, 0) is 50.8 Å². The zero-order valence-corrected chi connectivity index (χ0v) is 18.7. The van der Waals surface area contributed by atoms with Crippen molar-refractivity contribution >= 4 is 17.7 Å². The van der Waals surface area contributed by atoms with E-state index in [2.05, 4.69) is 17.1 Å². The van der Waals surface area contributed by atoms with Gasteiger partial charge in [0.1, 0.15) is 29.9 Å². The second-order valence-corrected chi connectivity index (χ2v) is 10.0. The molecule has 0 bridgehead atoms. The van der Waals surface area contributed by atoms with E-state index in [-0.39, 0.29) is 23.9 Å². The Kier molecular flexibility index (Phi) is 8.26. The van der Waals surface area contributed by atoms with Crippen LogP contribution in [0.5, 0.6) is 0 Å². The van der Waals surface area contributed by atoms with Crippen LogP contribution in [0.15, 0.2) is 0 Å². The Labute approximate surface area is 178 Å². The fourth-order valence-corrected chi connectivity index (χ4v) is 6.12. The fourth-order valence-electron chi connectivity index (χ4n) is 5.44. The molecule has 8 unspecified atom stereocenters. The van der Waals surface area contributed by atoms with Crippen LogP contribution in [0.25, 0.3) is 0 Å². The van der Waals surface area contributed by atoms with E-state index >= 15 is 0 Å². The largest absolute Gasteiger partial charge is 0.388 e. The first kappa shape index (κ1) is 23.3. The molecule has 2 aliphatic heterocycles. The third-order valence-corrected chi connectivity index (χ3v) is 7.90. The molecule has 0 aromatic heterocycles. The monoisotopic (exact) mass is 430 g/mol. The van der Waals surface area contributed by atoms with E-state index in [0.29, 0.717) is 5.92 Å². The highest BCUT2D eigenvalue weighted by Gasteiger charge is 2.49. The predicted octanol–water partition coefficient (Wildman–Crippen LogP) is 0.952. The van der Waals surface area contributed by atoms with Gasteiger partial charge in [-0.2, -0.15) is 0 Å². The van der Waals surface area contributed by atoms with Crippen LogP contribution < -0.4 is 5.32 Å². The van der Waals surface area contributed by atoms with E-state index in [1.54, 1.807) is 6.26 Å². The summed E-state index contributed by atoms with van der Waals surface area (Å²) >= 11 is 1.31. The van der Waals surface area contributed by atoms with Crippen LogP contribution in [0, 0.1) is 11.8 Å². The van der Waals surface area contributed by atoms with Crippen molar-refractivity contribution in [3.8, 4) is 0 Å². The van der Waals surface area contributed by atoms with Gasteiger partial charge in [-0.25, -0.2) is 0 Å². The molecule has 7 nitrogen and oxygen atoms in total. The van der Waals surface area contributed by atoms with Crippen LogP contribution in [-0.4, -0.2) is 87.9 Å². The number of aliphatic hydroxyl groups is 3. The highest BCUT2D eigenvalue weighted by molar-refractivity contribution is 7.99. The molecule has 0 radical (unpaired) electrons. The average molecular weight is 431 g/mol. The summed E-state index contributed by atoms with van der Waals surface area (Å²) in [5, 5.41) is 34.5. The number of ether oxygens (including phenoxy) is 1. The first-order chi connectivity index (χ1) is 13.9. The fraction of sp³-hybridized carbons (Fsp3) is 0.952. The van der Waals surface area contributed by atoms with Gasteiger partial charge in [0.05, 0.1) is 12.1 Å². The van der Waals surface area contributed by atoms with Crippen molar-refractivity contribution in [2.45, 2.75) is 93.8 Å². The summed E-state index contributed by atoms with van der Waals surface area (Å²) in [7, 11) is 2.00. The second-order valence-electron chi connectivity index (χ2n) is 9.10. The average Bonchev–Trinajstić information content (AvgIpc) is 3.35. The van der Waals surface area contributed by atoms with Crippen LogP contribution in [0.3, 0.4) is 0 Å². The number of carbonyl (C=O) groups is 1. The molecular weight excluding hydrogens is 392 g/mol. The zero-order valence-electron chi connectivity index (χ0n) is 17.9. The molecule has 3 fully saturated rings. The lowest BCUT2D eigenvalue weighted by Gasteiger charge is -2.45. The summed E-state index contributed by atoms with van der Waals surface area (Å²) in [4.78, 5) is 15.3. The first-order valence-electron chi connectivity index (χ1n) is 11.1. The number of aliphatic hydroxyl groups excluding tert-OH is 3. The Bertz CT molecular complexity index is 545. The van der Waals surface area contributed by atoms with E-state index < -0.39 is 29.9 Å². The predicted molar refractivity (Wildman–Crippen MR) is 114 cm³/mol. The van der Waals surface area contributed by atoms with E-state index in [0.717, 1.165) is 51.5 Å². The van der Waals surface area contributed by atoms with Crippen LogP contribution in [0.4, 0.5) is 0 Å². The number of nitrogens with zero attached hydrogens (tertiary/aromatic N) is 1. The second kappa shape index (κ2) is 10.3. The highest BCUT2D eigenvalue weighted by Crippen LogP contribution is 2.36. The smallest absolute Gasteiger partial charge is 0.237 e. The van der Waals surface area contributed by atoms with E-state index in [1.807, 2.05) is 7.05 Å². The molecule has 0 aromatic carbocycles. The van der Waals surface area contributed by atoms with E-state index in [1.165, 1.54) is 11.8 Å². The Hall–Kier alpha value is -0.380. The highest BCUT2D eigenvalue weighted by atomic mass is 32.2. The Morgan fingerprint density at radius 3 is 2.52 bits per heavy atom. The molecular formula is C21H38N2O5S. The SMILES string of the molecule is CCCC1CC(C(=O)NC(C2CCCC2)C2OC(SC)C(O)C(O)C2O)N(C)C1. The van der Waals surface area contributed by atoms with Crippen LogP contribution in [0.2, 0.25) is 0 Å². The minimum atomic E-state index is -1.28. The number of nitrogens with one attached hydrogen (secondary N) is 1. The topological polar surface area (TPSA) is 102 Å². The van der Waals surface area contributed by atoms with Gasteiger partial charge in [-0.15, -0.1) is 11.8 Å². The molecule has 1 amide bonds. The van der Waals surface area contributed by atoms with Crippen molar-refractivity contribution in [2.75, 3.05) is 19.8 Å². The molecule has 0 aromatic rings. The van der Waals surface area contributed by atoms with Gasteiger partial charge in [0.15, 0.2) is 0 Å². The maximum absolute atomic E-state index is 13.2. The summed E-state index contributed by atoms with van der Waals surface area (Å²) < 4.78 is 6.03. The molecule has 4 N–H and O–H groups in total. The van der Waals surface area contributed by atoms with Gasteiger partial charge in [0.2, 0.25) is 5.91 Å². The maximum Gasteiger partial charge on any atom is 0.237 e. The van der Waals surface area contributed by atoms with Gasteiger partial charge in [-0.1, -0.05) is 26.2 Å². The van der Waals surface area contributed by atoms with Gasteiger partial charge >= 0.3 is 0 Å². The number of carbonyl (C=O) groups excluding carboxylic acids is 1. The molecule has 0 spiro atoms. The quantitative estimate of drug-likeness (QED) is 0.477. The number of thioether (sulfide) groups is 1. The third-order valence-electron chi connectivity index (χ3n) is 7.04. The van der Waals surface area contributed by atoms with Crippen LogP contribution >= 0.6 is 11.8 Å². The standard InChI is InChI=1S/C21H38N2O5S/c1-4-7-12-10-14(23(2)11-12)20(27)22-15(13-8-5-6-9-13)19-17(25)16(24)18(26)21(28-19)29-3/h12-19,21,24-26H,4-11H2,1-3H3,(H,22,27). The van der Waals surface area contributed by atoms with Crippen LogP contribution in [-0.2, 0) is 9.53 Å². The molecule has 2 saturated heterocycles. The molecule has 3 aliphatic rings. The normalized spacial score (nSPS) is 40.3. The van der Waals surface area contributed by atoms with Crippen molar-refractivity contribution in [3.63, 3.8) is 0 Å². The van der Waals surface area contributed by atoms with Crippen molar-refractivity contribution in [1.82, 2.24) is 10.2 Å². The van der Waals surface area contributed by atoms with Gasteiger partial charge in [0, 0.05) is 6.54 Å². The van der Waals surface area contributed by atoms with E-state index in [4.69, 9.17) is 4.74 Å². The molecule has 1 aliphatic carbocycles. The first-order valence-corrected chi connectivity index (χ1v) is 12.4. The Morgan fingerprint density at radius 2 is 1.90 bits per heavy atom. The van der Waals surface area contributed by atoms with Crippen molar-refractivity contribution in [2.24, 2.45) is 11.8 Å². The molecule has 2 heterocycles. The number of amides is 1. The molecule has 1 saturated carbocycles. The summed E-state index contributed by atoms with van der Waals surface area (Å²) in [6.45, 7) is 3.11. The lowest BCUT2D eigenvalue weighted by atomic mass is 9.86. The summed E-state index contributed by atoms with van der Waals surface area (Å²) in [5.41, 5.74) is -0.623. The van der Waals surface area contributed by atoms with Gasteiger partial charge in [0.25, 0.3) is 0 Å². The van der Waals surface area contributed by atoms with Crippen molar-refractivity contribution in [1.29, 1.82) is 0 Å². The summed E-state index contributed by atoms with van der Waals surface area (Å²) in [6, 6.07) is -0.529. The minimum Gasteiger partial charge on any atom is -0.388 e. The molecule has 29 heavy (non-hydrogen) atoms. The van der Waals surface area contributed by atoms with Gasteiger partial charge in [-0.3, -0.25) is 9.69 Å². The zero-order chi connectivity index (χ0) is 21.1. The third kappa shape index (κ3) is 5.10. The van der Waals surface area contributed by atoms with Crippen molar-refractivity contribution in [3.05, 3.63) is 0 Å². The maximum atomic E-state index is 13.2. The molecule has 8 atom stereocenters. The number of hydrogen-bond donors (Lipinski definition) is 4. The Balaban J connectivity index is 1.74. The lowest BCUT2D eigenvalue weighted by molar-refractivity contribution is -0.208. The summed E-state index contributed by atoms with van der Waals surface area (Å²) in [5.74, 6) is 0.738. The number of hydrogen-bond acceptors (Lipinski definition) is 7. The van der Waals surface area contributed by atoms with E-state index in [9.17, 15) is 20.1 Å². The number of likely N-dealkylation sites (N-methyl/N-ethyl adjacent to an activating group) is 1.